The molecule has 1 unspecified atom stereocenters. The third kappa shape index (κ3) is 6.92. The summed E-state index contributed by atoms with van der Waals surface area (Å²) in [5.74, 6) is -1.99. The predicted molar refractivity (Wildman–Crippen MR) is 137 cm³/mol. The summed E-state index contributed by atoms with van der Waals surface area (Å²) in [7, 11) is -2.13. The number of benzene rings is 2. The average molecular weight is 536 g/mol. The number of sulfone groups is 1. The molecule has 202 valence electrons. The van der Waals surface area contributed by atoms with Crippen molar-refractivity contribution in [2.45, 2.75) is 31.6 Å². The first-order chi connectivity index (χ1) is 17.6. The molecule has 0 saturated heterocycles. The first-order valence-corrected chi connectivity index (χ1v) is 14.1. The van der Waals surface area contributed by atoms with E-state index in [0.717, 1.165) is 37.9 Å². The molecular weight excluding hydrogens is 501 g/mol. The highest BCUT2D eigenvalue weighted by Crippen LogP contribution is 2.33. The number of hydroxylamine groups is 1. The number of hydrogen-bond acceptors (Lipinski definition) is 7. The zero-order valence-corrected chi connectivity index (χ0v) is 22.2. The van der Waals surface area contributed by atoms with E-state index in [4.69, 9.17) is 9.94 Å². The minimum absolute atomic E-state index is 0.0303. The van der Waals surface area contributed by atoms with Crippen molar-refractivity contribution in [1.29, 1.82) is 0 Å². The SMILES string of the molecule is CCN(CCOC)CCc1ccc(-c2ccc3c(c2F)CN(CCC(C(=O)NO)S(C)(=O)=O)C3=O)cc1. The van der Waals surface area contributed by atoms with Gasteiger partial charge in [-0.3, -0.25) is 14.8 Å². The molecule has 1 heterocycles. The number of hydrogen-bond donors (Lipinski definition) is 2. The molecule has 0 aromatic heterocycles. The topological polar surface area (TPSA) is 116 Å². The van der Waals surface area contributed by atoms with Gasteiger partial charge in [0.15, 0.2) is 9.84 Å². The fourth-order valence-corrected chi connectivity index (χ4v) is 5.46. The lowest BCUT2D eigenvalue weighted by Crippen LogP contribution is -2.40. The molecule has 11 heteroatoms. The fourth-order valence-electron chi connectivity index (χ4n) is 4.48. The van der Waals surface area contributed by atoms with E-state index < -0.39 is 32.7 Å². The van der Waals surface area contributed by atoms with Crippen LogP contribution in [0.15, 0.2) is 36.4 Å². The second kappa shape index (κ2) is 12.6. The minimum atomic E-state index is -3.81. The molecule has 37 heavy (non-hydrogen) atoms. The van der Waals surface area contributed by atoms with Crippen LogP contribution in [0.2, 0.25) is 0 Å². The van der Waals surface area contributed by atoms with Gasteiger partial charge in [-0.05, 0) is 36.6 Å². The van der Waals surface area contributed by atoms with E-state index >= 15 is 4.39 Å². The van der Waals surface area contributed by atoms with Crippen molar-refractivity contribution in [3.8, 4) is 11.1 Å². The molecule has 3 rings (SSSR count). The third-order valence-electron chi connectivity index (χ3n) is 6.73. The molecule has 2 aromatic carbocycles. The van der Waals surface area contributed by atoms with Gasteiger partial charge in [-0.25, -0.2) is 18.3 Å². The molecule has 0 radical (unpaired) electrons. The van der Waals surface area contributed by atoms with Gasteiger partial charge in [-0.2, -0.15) is 0 Å². The van der Waals surface area contributed by atoms with Gasteiger partial charge in [0, 0.05) is 56.2 Å². The Bertz CT molecular complexity index is 1220. The smallest absolute Gasteiger partial charge is 0.261 e. The largest absolute Gasteiger partial charge is 0.383 e. The molecule has 0 saturated carbocycles. The summed E-state index contributed by atoms with van der Waals surface area (Å²) in [6, 6.07) is 10.8. The van der Waals surface area contributed by atoms with Crippen molar-refractivity contribution >= 4 is 21.7 Å². The summed E-state index contributed by atoms with van der Waals surface area (Å²) in [4.78, 5) is 28.2. The summed E-state index contributed by atoms with van der Waals surface area (Å²) in [5.41, 5.74) is 4.02. The number of nitrogens with one attached hydrogen (secondary N) is 1. The number of carbonyl (C=O) groups is 2. The van der Waals surface area contributed by atoms with E-state index in [-0.39, 0.29) is 30.6 Å². The Balaban J connectivity index is 1.70. The molecule has 1 aliphatic heterocycles. The van der Waals surface area contributed by atoms with Gasteiger partial charge in [-0.1, -0.05) is 37.3 Å². The molecule has 9 nitrogen and oxygen atoms in total. The quantitative estimate of drug-likeness (QED) is 0.299. The maximum atomic E-state index is 15.5. The molecule has 2 aromatic rings. The maximum Gasteiger partial charge on any atom is 0.261 e. The molecule has 2 amide bonds. The van der Waals surface area contributed by atoms with Gasteiger partial charge in [0.05, 0.1) is 6.61 Å². The van der Waals surface area contributed by atoms with Crippen LogP contribution in [0.5, 0.6) is 0 Å². The third-order valence-corrected chi connectivity index (χ3v) is 8.21. The number of likely N-dealkylation sites (N-methyl/N-ethyl adjacent to an activating group) is 1. The fraction of sp³-hybridized carbons (Fsp3) is 0.462. The Morgan fingerprint density at radius 1 is 1.19 bits per heavy atom. The van der Waals surface area contributed by atoms with E-state index in [1.54, 1.807) is 19.2 Å². The molecule has 1 aliphatic rings. The highest BCUT2D eigenvalue weighted by Gasteiger charge is 2.34. The number of amides is 2. The zero-order valence-electron chi connectivity index (χ0n) is 21.4. The van der Waals surface area contributed by atoms with Gasteiger partial charge in [0.2, 0.25) is 0 Å². The van der Waals surface area contributed by atoms with Crippen LogP contribution in [0, 0.1) is 5.82 Å². The maximum absolute atomic E-state index is 15.5. The van der Waals surface area contributed by atoms with E-state index in [1.807, 2.05) is 24.3 Å². The number of fused-ring (bicyclic) bond motifs is 1. The highest BCUT2D eigenvalue weighted by atomic mass is 32.2. The van der Waals surface area contributed by atoms with E-state index in [1.165, 1.54) is 10.4 Å². The van der Waals surface area contributed by atoms with Crippen LogP contribution in [0.25, 0.3) is 11.1 Å². The number of ether oxygens (including phenoxy) is 1. The molecule has 1 atom stereocenters. The van der Waals surface area contributed by atoms with Gasteiger partial charge in [0.25, 0.3) is 11.8 Å². The number of nitrogens with zero attached hydrogens (tertiary/aromatic N) is 2. The van der Waals surface area contributed by atoms with Crippen LogP contribution in [0.1, 0.15) is 34.8 Å². The summed E-state index contributed by atoms with van der Waals surface area (Å²) in [6.45, 7) is 5.37. The van der Waals surface area contributed by atoms with Gasteiger partial charge < -0.3 is 14.5 Å². The van der Waals surface area contributed by atoms with Crippen molar-refractivity contribution in [3.63, 3.8) is 0 Å². The summed E-state index contributed by atoms with van der Waals surface area (Å²) < 4.78 is 44.5. The number of carbonyl (C=O) groups excluding carboxylic acids is 2. The van der Waals surface area contributed by atoms with Crippen molar-refractivity contribution in [2.24, 2.45) is 0 Å². The Morgan fingerprint density at radius 3 is 2.46 bits per heavy atom. The van der Waals surface area contributed by atoms with Crippen molar-refractivity contribution in [3.05, 3.63) is 58.9 Å². The Labute approximate surface area is 217 Å². The zero-order chi connectivity index (χ0) is 27.2. The van der Waals surface area contributed by atoms with Crippen molar-refractivity contribution in [2.75, 3.05) is 46.2 Å². The molecule has 0 spiro atoms. The van der Waals surface area contributed by atoms with Crippen molar-refractivity contribution in [1.82, 2.24) is 15.3 Å². The summed E-state index contributed by atoms with van der Waals surface area (Å²) in [5, 5.41) is 7.33. The lowest BCUT2D eigenvalue weighted by atomic mass is 9.98. The minimum Gasteiger partial charge on any atom is -0.383 e. The first-order valence-electron chi connectivity index (χ1n) is 12.1. The second-order valence-corrected chi connectivity index (χ2v) is 11.4. The number of rotatable bonds is 13. The van der Waals surface area contributed by atoms with Crippen LogP contribution in [-0.2, 0) is 32.3 Å². The van der Waals surface area contributed by atoms with Gasteiger partial charge in [0.1, 0.15) is 11.1 Å². The standard InChI is InChI=1S/C26H34FN3O6S/c1-4-29(15-16-36-2)13-11-18-5-7-19(8-6-18)20-9-10-21-22(24(20)27)17-30(26(21)32)14-12-23(25(31)28-33)37(3,34)35/h5-10,23,33H,4,11-17H2,1-3H3,(H,28,31). The number of methoxy groups -OCH3 is 1. The Hall–Kier alpha value is -2.86. The van der Waals surface area contributed by atoms with E-state index in [2.05, 4.69) is 11.8 Å². The highest BCUT2D eigenvalue weighted by molar-refractivity contribution is 7.92. The predicted octanol–water partition coefficient (Wildman–Crippen LogP) is 2.27. The molecular formula is C26H34FN3O6S. The van der Waals surface area contributed by atoms with Gasteiger partial charge >= 0.3 is 0 Å². The lowest BCUT2D eigenvalue weighted by Gasteiger charge is -2.19. The molecule has 2 N–H and O–H groups in total. The summed E-state index contributed by atoms with van der Waals surface area (Å²) in [6.07, 6.45) is 1.52. The van der Waals surface area contributed by atoms with Crippen LogP contribution < -0.4 is 5.48 Å². The van der Waals surface area contributed by atoms with Crippen LogP contribution in [0.4, 0.5) is 4.39 Å². The van der Waals surface area contributed by atoms with Crippen molar-refractivity contribution < 1.29 is 32.3 Å². The first kappa shape index (κ1) is 28.7. The lowest BCUT2D eigenvalue weighted by molar-refractivity contribution is -0.128. The summed E-state index contributed by atoms with van der Waals surface area (Å²) >= 11 is 0. The number of halogens is 1. The van der Waals surface area contributed by atoms with E-state index in [9.17, 15) is 18.0 Å². The Morgan fingerprint density at radius 2 is 1.86 bits per heavy atom. The average Bonchev–Trinajstić information content (AvgIpc) is 3.20. The van der Waals surface area contributed by atoms with Crippen LogP contribution in [-0.4, -0.2) is 86.6 Å². The Kier molecular flexibility index (Phi) is 9.77. The van der Waals surface area contributed by atoms with Crippen LogP contribution >= 0.6 is 0 Å². The molecule has 0 aliphatic carbocycles. The molecule has 0 fully saturated rings. The second-order valence-electron chi connectivity index (χ2n) is 9.14. The normalized spacial score (nSPS) is 14.2. The molecule has 0 bridgehead atoms. The monoisotopic (exact) mass is 535 g/mol. The van der Waals surface area contributed by atoms with Gasteiger partial charge in [-0.15, -0.1) is 0 Å². The van der Waals surface area contributed by atoms with Crippen LogP contribution in [0.3, 0.4) is 0 Å². The van der Waals surface area contributed by atoms with E-state index in [0.29, 0.717) is 17.7 Å².